The van der Waals surface area contributed by atoms with Gasteiger partial charge in [0.05, 0.1) is 13.2 Å². The van der Waals surface area contributed by atoms with Gasteiger partial charge in [-0.1, -0.05) is 23.7 Å². The topological polar surface area (TPSA) is 81.9 Å². The molecule has 0 radical (unpaired) electrons. The lowest BCUT2D eigenvalue weighted by atomic mass is 10.0. The minimum atomic E-state index is -3.85. The Bertz CT molecular complexity index is 1040. The second-order valence-electron chi connectivity index (χ2n) is 5.55. The Morgan fingerprint density at radius 3 is 3.12 bits per heavy atom. The first-order chi connectivity index (χ1) is 12.0. The molecule has 4 rings (SSSR count). The Hall–Kier alpha value is -1.81. The van der Waals surface area contributed by atoms with E-state index in [1.54, 1.807) is 18.7 Å². The lowest BCUT2D eigenvalue weighted by Crippen LogP contribution is -2.43. The first-order valence-electron chi connectivity index (χ1n) is 7.41. The summed E-state index contributed by atoms with van der Waals surface area (Å²) in [5, 5.41) is 1.66. The van der Waals surface area contributed by atoms with Gasteiger partial charge in [0.25, 0.3) is 10.0 Å². The van der Waals surface area contributed by atoms with E-state index in [9.17, 15) is 8.42 Å². The van der Waals surface area contributed by atoms with E-state index in [0.29, 0.717) is 22.9 Å². The maximum absolute atomic E-state index is 12.8. The summed E-state index contributed by atoms with van der Waals surface area (Å²) < 4.78 is 40.7. The van der Waals surface area contributed by atoms with E-state index in [0.717, 1.165) is 5.56 Å². The van der Waals surface area contributed by atoms with Crippen LogP contribution in [0.4, 0.5) is 0 Å². The number of hydrogen-bond acceptors (Lipinski definition) is 6. The van der Waals surface area contributed by atoms with E-state index in [2.05, 4.69) is 9.71 Å². The average Bonchev–Trinajstić information content (AvgIpc) is 3.13. The van der Waals surface area contributed by atoms with Crippen LogP contribution in [0.1, 0.15) is 5.56 Å². The summed E-state index contributed by atoms with van der Waals surface area (Å²) in [5.74, 6) is 1.29. The molecular formula is C15H14ClN3O4S2. The first-order valence-corrected chi connectivity index (χ1v) is 10.2. The Balaban J connectivity index is 1.62. The molecule has 2 aromatic heterocycles. The fourth-order valence-electron chi connectivity index (χ4n) is 2.88. The summed E-state index contributed by atoms with van der Waals surface area (Å²) >= 11 is 7.36. The van der Waals surface area contributed by atoms with Crippen molar-refractivity contribution < 1.29 is 17.9 Å². The Labute approximate surface area is 153 Å². The van der Waals surface area contributed by atoms with Gasteiger partial charge in [0, 0.05) is 11.6 Å². The zero-order valence-electron chi connectivity index (χ0n) is 13.1. The van der Waals surface area contributed by atoms with E-state index in [-0.39, 0.29) is 16.8 Å². The van der Waals surface area contributed by atoms with Crippen LogP contribution >= 0.6 is 22.9 Å². The van der Waals surface area contributed by atoms with Crippen molar-refractivity contribution in [2.24, 2.45) is 0 Å². The van der Waals surface area contributed by atoms with E-state index in [1.165, 1.54) is 15.7 Å². The van der Waals surface area contributed by atoms with E-state index >= 15 is 0 Å². The number of fused-ring (bicyclic) bond motifs is 2. The number of nitrogens with zero attached hydrogens (tertiary/aromatic N) is 2. The maximum atomic E-state index is 12.8. The van der Waals surface area contributed by atoms with Crippen LogP contribution in [0.5, 0.6) is 11.5 Å². The van der Waals surface area contributed by atoms with Crippen molar-refractivity contribution in [3.63, 3.8) is 0 Å². The number of ether oxygens (including phenoxy) is 2. The minimum Gasteiger partial charge on any atom is -0.493 e. The Morgan fingerprint density at radius 2 is 2.32 bits per heavy atom. The smallest absolute Gasteiger partial charge is 0.260 e. The molecular weight excluding hydrogens is 386 g/mol. The molecule has 0 saturated heterocycles. The number of nitrogens with one attached hydrogen (secondary N) is 1. The zero-order valence-corrected chi connectivity index (χ0v) is 15.5. The number of sulfonamides is 1. The number of rotatable bonds is 4. The highest BCUT2D eigenvalue weighted by Crippen LogP contribution is 2.35. The molecule has 0 saturated carbocycles. The molecule has 0 bridgehead atoms. The number of para-hydroxylation sites is 1. The molecule has 132 valence electrons. The van der Waals surface area contributed by atoms with Crippen LogP contribution < -0.4 is 14.2 Å². The third kappa shape index (κ3) is 2.86. The largest absolute Gasteiger partial charge is 0.493 e. The summed E-state index contributed by atoms with van der Waals surface area (Å²) in [6, 6.07) is 5.13. The lowest BCUT2D eigenvalue weighted by Gasteiger charge is -2.26. The van der Waals surface area contributed by atoms with Gasteiger partial charge in [-0.3, -0.25) is 4.40 Å². The van der Waals surface area contributed by atoms with Crippen LogP contribution in [-0.4, -0.2) is 37.6 Å². The summed E-state index contributed by atoms with van der Waals surface area (Å²) in [7, 11) is -2.28. The van der Waals surface area contributed by atoms with Gasteiger partial charge in [0.2, 0.25) is 0 Å². The molecule has 3 heterocycles. The number of thiazole rings is 1. The second kappa shape index (κ2) is 6.17. The molecule has 1 aromatic carbocycles. The van der Waals surface area contributed by atoms with Crippen molar-refractivity contribution in [3.05, 3.63) is 40.5 Å². The van der Waals surface area contributed by atoms with Crippen molar-refractivity contribution in [2.45, 2.75) is 17.5 Å². The van der Waals surface area contributed by atoms with Crippen LogP contribution in [0.25, 0.3) is 4.96 Å². The first kappa shape index (κ1) is 16.6. The predicted octanol–water partition coefficient (Wildman–Crippen LogP) is 2.34. The number of halogens is 1. The van der Waals surface area contributed by atoms with Gasteiger partial charge in [-0.05, 0) is 18.1 Å². The highest BCUT2D eigenvalue weighted by molar-refractivity contribution is 7.89. The number of imidazole rings is 1. The molecule has 1 aliphatic rings. The van der Waals surface area contributed by atoms with Gasteiger partial charge in [-0.2, -0.15) is 0 Å². The predicted molar refractivity (Wildman–Crippen MR) is 94.4 cm³/mol. The van der Waals surface area contributed by atoms with Gasteiger partial charge in [0.15, 0.2) is 26.6 Å². The van der Waals surface area contributed by atoms with Gasteiger partial charge in [-0.15, -0.1) is 11.3 Å². The summed E-state index contributed by atoms with van der Waals surface area (Å²) in [4.78, 5) is 4.60. The molecule has 0 amide bonds. The second-order valence-corrected chi connectivity index (χ2v) is 8.41. The molecule has 25 heavy (non-hydrogen) atoms. The number of benzene rings is 1. The zero-order chi connectivity index (χ0) is 17.6. The van der Waals surface area contributed by atoms with Gasteiger partial charge >= 0.3 is 0 Å². The standard InChI is InChI=1S/C15H14ClN3O4S2/c1-22-11-4-2-3-9-7-10(8-23-12(9)11)18-25(20,21)14-13(16)17-15-19(14)5-6-24-15/h2-6,10,18H,7-8H2,1H3. The van der Waals surface area contributed by atoms with Crippen molar-refractivity contribution in [3.8, 4) is 11.5 Å². The summed E-state index contributed by atoms with van der Waals surface area (Å²) in [5.41, 5.74) is 0.887. The Kier molecular flexibility index (Phi) is 4.11. The number of aromatic nitrogens is 2. The minimum absolute atomic E-state index is 0.0434. The molecule has 0 spiro atoms. The van der Waals surface area contributed by atoms with Crippen LogP contribution in [0.15, 0.2) is 34.8 Å². The summed E-state index contributed by atoms with van der Waals surface area (Å²) in [6.07, 6.45) is 2.12. The van der Waals surface area contributed by atoms with E-state index < -0.39 is 16.1 Å². The van der Waals surface area contributed by atoms with Gasteiger partial charge < -0.3 is 9.47 Å². The fraction of sp³-hybridized carbons (Fsp3) is 0.267. The quantitative estimate of drug-likeness (QED) is 0.728. The highest BCUT2D eigenvalue weighted by Gasteiger charge is 2.31. The highest BCUT2D eigenvalue weighted by atomic mass is 35.5. The summed E-state index contributed by atoms with van der Waals surface area (Å²) in [6.45, 7) is 0.204. The molecule has 10 heteroatoms. The molecule has 1 unspecified atom stereocenters. The van der Waals surface area contributed by atoms with E-state index in [4.69, 9.17) is 21.1 Å². The third-order valence-corrected chi connectivity index (χ3v) is 6.61. The fourth-order valence-corrected chi connectivity index (χ4v) is 5.56. The maximum Gasteiger partial charge on any atom is 0.260 e. The third-order valence-electron chi connectivity index (χ3n) is 3.93. The SMILES string of the molecule is COc1cccc2c1OCC(NS(=O)(=O)c1c(Cl)nc3sccn13)C2. The van der Waals surface area contributed by atoms with E-state index in [1.807, 2.05) is 18.2 Å². The van der Waals surface area contributed by atoms with Crippen LogP contribution in [0, 0.1) is 0 Å². The number of hydrogen-bond donors (Lipinski definition) is 1. The molecule has 3 aromatic rings. The molecule has 1 N–H and O–H groups in total. The molecule has 0 aliphatic carbocycles. The number of methoxy groups -OCH3 is 1. The lowest BCUT2D eigenvalue weighted by molar-refractivity contribution is 0.240. The van der Waals surface area contributed by atoms with Crippen molar-refractivity contribution in [2.75, 3.05) is 13.7 Å². The van der Waals surface area contributed by atoms with Crippen LogP contribution in [0.2, 0.25) is 5.15 Å². The molecule has 0 fully saturated rings. The van der Waals surface area contributed by atoms with Gasteiger partial charge in [0.1, 0.15) is 6.61 Å². The normalized spacial score (nSPS) is 17.3. The van der Waals surface area contributed by atoms with Crippen molar-refractivity contribution in [1.29, 1.82) is 0 Å². The van der Waals surface area contributed by atoms with Gasteiger partial charge in [-0.25, -0.2) is 18.1 Å². The molecule has 1 atom stereocenters. The molecule has 7 nitrogen and oxygen atoms in total. The van der Waals surface area contributed by atoms with Crippen molar-refractivity contribution in [1.82, 2.24) is 14.1 Å². The molecule has 1 aliphatic heterocycles. The van der Waals surface area contributed by atoms with Crippen molar-refractivity contribution >= 4 is 37.9 Å². The average molecular weight is 400 g/mol. The van der Waals surface area contributed by atoms with Crippen LogP contribution in [0.3, 0.4) is 0 Å². The van der Waals surface area contributed by atoms with Crippen LogP contribution in [-0.2, 0) is 16.4 Å². The monoisotopic (exact) mass is 399 g/mol. The Morgan fingerprint density at radius 1 is 1.48 bits per heavy atom.